The first-order chi connectivity index (χ1) is 23.7. The third-order valence-electron chi connectivity index (χ3n) is 8.66. The van der Waals surface area contributed by atoms with Crippen molar-refractivity contribution in [1.82, 2.24) is 19.3 Å². The largest absolute Gasteiger partial charge is 0.492 e. The standard InChI is InChI=1S/C42H48N4O3/c1-43(2)23-26-47-36-15-7-31(8-16-36)33-11-21-41-39(29-33)40-30-34(32-9-17-37(18-10-32)48-27-24-44(3)4)12-22-42(40)46(41)35-13-19-38(20-14-35)49-28-25-45(5)6/h7-22,29-30H,23-28H2,1-6H3. The van der Waals surface area contributed by atoms with Gasteiger partial charge in [-0.05, 0) is 137 Å². The van der Waals surface area contributed by atoms with E-state index in [2.05, 4.69) is 171 Å². The average Bonchev–Trinajstić information content (AvgIpc) is 3.42. The highest BCUT2D eigenvalue weighted by molar-refractivity contribution is 6.11. The first-order valence-corrected chi connectivity index (χ1v) is 17.0. The Bertz CT molecular complexity index is 1850. The number of likely N-dealkylation sites (N-methyl/N-ethyl adjacent to an activating group) is 3. The van der Waals surface area contributed by atoms with Gasteiger partial charge in [0.1, 0.15) is 37.1 Å². The molecular formula is C42H48N4O3. The van der Waals surface area contributed by atoms with Crippen LogP contribution in [0.2, 0.25) is 0 Å². The molecule has 49 heavy (non-hydrogen) atoms. The molecule has 7 nitrogen and oxygen atoms in total. The molecule has 7 heteroatoms. The van der Waals surface area contributed by atoms with Gasteiger partial charge in [-0.25, -0.2) is 0 Å². The van der Waals surface area contributed by atoms with Crippen LogP contribution in [0.1, 0.15) is 0 Å². The van der Waals surface area contributed by atoms with Crippen LogP contribution in [0.25, 0.3) is 49.7 Å². The summed E-state index contributed by atoms with van der Waals surface area (Å²) in [4.78, 5) is 6.37. The van der Waals surface area contributed by atoms with E-state index in [0.29, 0.717) is 19.8 Å². The molecule has 0 aliphatic carbocycles. The fourth-order valence-electron chi connectivity index (χ4n) is 5.88. The van der Waals surface area contributed by atoms with E-state index in [4.69, 9.17) is 14.2 Å². The molecule has 5 aromatic carbocycles. The van der Waals surface area contributed by atoms with E-state index in [9.17, 15) is 0 Å². The molecule has 0 fully saturated rings. The first kappa shape index (κ1) is 34.1. The molecule has 0 amide bonds. The lowest BCUT2D eigenvalue weighted by Gasteiger charge is -2.13. The van der Waals surface area contributed by atoms with Crippen LogP contribution >= 0.6 is 0 Å². The number of rotatable bonds is 15. The summed E-state index contributed by atoms with van der Waals surface area (Å²) in [5.41, 5.74) is 8.06. The highest BCUT2D eigenvalue weighted by Crippen LogP contribution is 2.38. The maximum Gasteiger partial charge on any atom is 0.119 e. The van der Waals surface area contributed by atoms with E-state index in [1.165, 1.54) is 21.9 Å². The van der Waals surface area contributed by atoms with Gasteiger partial charge in [0.05, 0.1) is 11.0 Å². The van der Waals surface area contributed by atoms with Crippen molar-refractivity contribution in [3.8, 4) is 45.2 Å². The Labute approximate surface area is 290 Å². The van der Waals surface area contributed by atoms with Crippen molar-refractivity contribution in [2.75, 3.05) is 81.7 Å². The lowest BCUT2D eigenvalue weighted by Crippen LogP contribution is -2.19. The summed E-state index contributed by atoms with van der Waals surface area (Å²) >= 11 is 0. The van der Waals surface area contributed by atoms with Gasteiger partial charge in [-0.2, -0.15) is 0 Å². The Hall–Kier alpha value is -4.82. The highest BCUT2D eigenvalue weighted by Gasteiger charge is 2.15. The Balaban J connectivity index is 1.36. The van der Waals surface area contributed by atoms with E-state index in [0.717, 1.165) is 64.7 Å². The van der Waals surface area contributed by atoms with Crippen LogP contribution in [0.5, 0.6) is 17.2 Å². The van der Waals surface area contributed by atoms with Gasteiger partial charge >= 0.3 is 0 Å². The second kappa shape index (κ2) is 15.6. The summed E-state index contributed by atoms with van der Waals surface area (Å²) in [5, 5.41) is 2.41. The molecule has 0 unspecified atom stereocenters. The lowest BCUT2D eigenvalue weighted by molar-refractivity contribution is 0.261. The number of ether oxygens (including phenoxy) is 3. The molecule has 0 N–H and O–H groups in total. The maximum absolute atomic E-state index is 6.00. The predicted molar refractivity (Wildman–Crippen MR) is 204 cm³/mol. The zero-order valence-corrected chi connectivity index (χ0v) is 29.6. The summed E-state index contributed by atoms with van der Waals surface area (Å²) in [6, 6.07) is 38.8. The van der Waals surface area contributed by atoms with Crippen molar-refractivity contribution in [2.45, 2.75) is 0 Å². The molecule has 0 radical (unpaired) electrons. The smallest absolute Gasteiger partial charge is 0.119 e. The second-order valence-corrected chi connectivity index (χ2v) is 13.3. The molecule has 0 aliphatic rings. The van der Waals surface area contributed by atoms with E-state index in [-0.39, 0.29) is 0 Å². The van der Waals surface area contributed by atoms with Gasteiger partial charge in [-0.15, -0.1) is 0 Å². The monoisotopic (exact) mass is 656 g/mol. The molecule has 0 saturated heterocycles. The zero-order valence-electron chi connectivity index (χ0n) is 29.6. The van der Waals surface area contributed by atoms with Crippen LogP contribution in [0.3, 0.4) is 0 Å². The summed E-state index contributed by atoms with van der Waals surface area (Å²) in [7, 11) is 12.3. The fourth-order valence-corrected chi connectivity index (χ4v) is 5.88. The van der Waals surface area contributed by atoms with Crippen LogP contribution in [0.4, 0.5) is 0 Å². The fraction of sp³-hybridized carbons (Fsp3) is 0.286. The number of aromatic nitrogens is 1. The van der Waals surface area contributed by atoms with E-state index in [1.807, 2.05) is 0 Å². The second-order valence-electron chi connectivity index (χ2n) is 13.3. The SMILES string of the molecule is CN(C)CCOc1ccc(-c2ccc3c(c2)c2cc(-c4ccc(OCCN(C)C)cc4)ccc2n3-c2ccc(OCCN(C)C)cc2)cc1. The summed E-state index contributed by atoms with van der Waals surface area (Å²) in [6.45, 7) is 4.61. The number of hydrogen-bond donors (Lipinski definition) is 0. The third-order valence-corrected chi connectivity index (χ3v) is 8.66. The van der Waals surface area contributed by atoms with Crippen LogP contribution in [0, 0.1) is 0 Å². The minimum atomic E-state index is 0.652. The number of fused-ring (bicyclic) bond motifs is 3. The first-order valence-electron chi connectivity index (χ1n) is 17.0. The Morgan fingerprint density at radius 2 is 0.735 bits per heavy atom. The topological polar surface area (TPSA) is 42.3 Å². The molecule has 0 aliphatic heterocycles. The Morgan fingerprint density at radius 1 is 0.408 bits per heavy atom. The molecular weight excluding hydrogens is 608 g/mol. The van der Waals surface area contributed by atoms with Crippen molar-refractivity contribution in [2.24, 2.45) is 0 Å². The highest BCUT2D eigenvalue weighted by atomic mass is 16.5. The van der Waals surface area contributed by atoms with Crippen molar-refractivity contribution in [3.05, 3.63) is 109 Å². The summed E-state index contributed by atoms with van der Waals surface area (Å²) in [5.74, 6) is 2.64. The maximum atomic E-state index is 6.00. The predicted octanol–water partition coefficient (Wildman–Crippen LogP) is 7.94. The van der Waals surface area contributed by atoms with Gasteiger partial charge < -0.3 is 33.5 Å². The number of nitrogens with zero attached hydrogens (tertiary/aromatic N) is 4. The van der Waals surface area contributed by atoms with Crippen LogP contribution in [0.15, 0.2) is 109 Å². The van der Waals surface area contributed by atoms with Gasteiger partial charge in [-0.3, -0.25) is 0 Å². The van der Waals surface area contributed by atoms with Crippen LogP contribution in [-0.4, -0.2) is 101 Å². The van der Waals surface area contributed by atoms with Crippen LogP contribution < -0.4 is 14.2 Å². The molecule has 6 rings (SSSR count). The molecule has 0 spiro atoms. The third kappa shape index (κ3) is 8.43. The van der Waals surface area contributed by atoms with E-state index < -0.39 is 0 Å². The molecule has 0 atom stereocenters. The quantitative estimate of drug-likeness (QED) is 0.112. The van der Waals surface area contributed by atoms with Gasteiger partial charge in [-0.1, -0.05) is 36.4 Å². The van der Waals surface area contributed by atoms with Crippen molar-refractivity contribution >= 4 is 21.8 Å². The van der Waals surface area contributed by atoms with Crippen molar-refractivity contribution < 1.29 is 14.2 Å². The average molecular weight is 657 g/mol. The van der Waals surface area contributed by atoms with Gasteiger partial charge in [0.25, 0.3) is 0 Å². The molecule has 0 saturated carbocycles. The van der Waals surface area contributed by atoms with Crippen molar-refractivity contribution in [1.29, 1.82) is 0 Å². The molecule has 1 heterocycles. The molecule has 1 aromatic heterocycles. The molecule has 0 bridgehead atoms. The van der Waals surface area contributed by atoms with E-state index in [1.54, 1.807) is 0 Å². The zero-order chi connectivity index (χ0) is 34.3. The minimum absolute atomic E-state index is 0.652. The molecule has 6 aromatic rings. The lowest BCUT2D eigenvalue weighted by atomic mass is 10.00. The summed E-state index contributed by atoms with van der Waals surface area (Å²) < 4.78 is 20.3. The number of benzene rings is 5. The Morgan fingerprint density at radius 3 is 1.08 bits per heavy atom. The van der Waals surface area contributed by atoms with Gasteiger partial charge in [0, 0.05) is 36.1 Å². The van der Waals surface area contributed by atoms with Gasteiger partial charge in [0.15, 0.2) is 0 Å². The van der Waals surface area contributed by atoms with E-state index >= 15 is 0 Å². The Kier molecular flexibility index (Phi) is 10.8. The summed E-state index contributed by atoms with van der Waals surface area (Å²) in [6.07, 6.45) is 0. The normalized spacial score (nSPS) is 11.7. The number of hydrogen-bond acceptors (Lipinski definition) is 6. The minimum Gasteiger partial charge on any atom is -0.492 e. The van der Waals surface area contributed by atoms with Gasteiger partial charge in [0.2, 0.25) is 0 Å². The molecule has 254 valence electrons. The van der Waals surface area contributed by atoms with Crippen LogP contribution in [-0.2, 0) is 0 Å². The van der Waals surface area contributed by atoms with Crippen molar-refractivity contribution in [3.63, 3.8) is 0 Å².